The third-order valence-electron chi connectivity index (χ3n) is 3.83. The quantitative estimate of drug-likeness (QED) is 0.737. The number of imidazole rings is 1. The molecule has 0 aliphatic rings. The molecule has 0 amide bonds. The van der Waals surface area contributed by atoms with Gasteiger partial charge in [-0.05, 0) is 43.2 Å². The summed E-state index contributed by atoms with van der Waals surface area (Å²) < 4.78 is 33.0. The summed E-state index contributed by atoms with van der Waals surface area (Å²) in [6.45, 7) is 3.67. The molecule has 0 aliphatic heterocycles. The maximum Gasteiger partial charge on any atom is 0.273 e. The smallest absolute Gasteiger partial charge is 0.273 e. The van der Waals surface area contributed by atoms with E-state index in [1.54, 1.807) is 37.3 Å². The lowest BCUT2D eigenvalue weighted by molar-refractivity contribution is 0.402. The van der Waals surface area contributed by atoms with Crippen molar-refractivity contribution in [1.29, 1.82) is 0 Å². The van der Waals surface area contributed by atoms with Crippen molar-refractivity contribution in [3.8, 4) is 5.75 Å². The fraction of sp³-hybridized carbons (Fsp3) is 0.235. The zero-order valence-electron chi connectivity index (χ0n) is 13.3. The first-order valence-electron chi connectivity index (χ1n) is 7.35. The third-order valence-corrected chi connectivity index (χ3v) is 5.65. The van der Waals surface area contributed by atoms with E-state index in [0.717, 1.165) is 12.0 Å². The summed E-state index contributed by atoms with van der Waals surface area (Å²) in [6.07, 6.45) is 0.746. The first-order valence-corrected chi connectivity index (χ1v) is 8.79. The summed E-state index contributed by atoms with van der Waals surface area (Å²) in [5.74, 6) is 0.759. The first kappa shape index (κ1) is 15.6. The number of nitrogens with zero attached hydrogens (tertiary/aromatic N) is 2. The summed E-state index contributed by atoms with van der Waals surface area (Å²) in [7, 11) is -2.33. The molecule has 120 valence electrons. The van der Waals surface area contributed by atoms with Gasteiger partial charge < -0.3 is 4.74 Å². The van der Waals surface area contributed by atoms with Gasteiger partial charge in [0, 0.05) is 0 Å². The lowest BCUT2D eigenvalue weighted by Crippen LogP contribution is -2.16. The highest BCUT2D eigenvalue weighted by Gasteiger charge is 2.26. The molecule has 0 N–H and O–H groups in total. The van der Waals surface area contributed by atoms with Gasteiger partial charge in [-0.3, -0.25) is 0 Å². The van der Waals surface area contributed by atoms with Crippen LogP contribution in [0.5, 0.6) is 5.75 Å². The molecule has 1 aromatic heterocycles. The summed E-state index contributed by atoms with van der Waals surface area (Å²) in [5.41, 5.74) is 2.15. The lowest BCUT2D eigenvalue weighted by Gasteiger charge is -2.13. The van der Waals surface area contributed by atoms with Gasteiger partial charge in [0.15, 0.2) is 0 Å². The Morgan fingerprint density at radius 3 is 2.61 bits per heavy atom. The van der Waals surface area contributed by atoms with Crippen molar-refractivity contribution in [2.45, 2.75) is 25.2 Å². The van der Waals surface area contributed by atoms with Crippen LogP contribution in [0.3, 0.4) is 0 Å². The SMILES string of the molecule is CCc1ccc(OC)c(S(=O)(=O)n2c(C)nc3ccccc32)c1. The van der Waals surface area contributed by atoms with E-state index in [0.29, 0.717) is 22.6 Å². The Balaban J connectivity index is 2.32. The number of fused-ring (bicyclic) bond motifs is 1. The number of rotatable bonds is 4. The highest BCUT2D eigenvalue weighted by Crippen LogP contribution is 2.30. The number of aromatic nitrogens is 2. The molecule has 0 saturated heterocycles. The number of methoxy groups -OCH3 is 1. The molecule has 0 bridgehead atoms. The van der Waals surface area contributed by atoms with Gasteiger partial charge in [0.05, 0.1) is 18.1 Å². The van der Waals surface area contributed by atoms with Gasteiger partial charge in [-0.15, -0.1) is 0 Å². The number of ether oxygens (including phenoxy) is 1. The van der Waals surface area contributed by atoms with Gasteiger partial charge in [0.2, 0.25) is 0 Å². The molecule has 1 heterocycles. The summed E-state index contributed by atoms with van der Waals surface area (Å²) in [6, 6.07) is 12.4. The van der Waals surface area contributed by atoms with Crippen LogP contribution in [0.1, 0.15) is 18.3 Å². The molecule has 0 atom stereocenters. The number of para-hydroxylation sites is 2. The topological polar surface area (TPSA) is 61.2 Å². The maximum absolute atomic E-state index is 13.2. The van der Waals surface area contributed by atoms with Crippen LogP contribution < -0.4 is 4.74 Å². The van der Waals surface area contributed by atoms with E-state index in [2.05, 4.69) is 4.98 Å². The Labute approximate surface area is 135 Å². The molecule has 5 nitrogen and oxygen atoms in total. The second kappa shape index (κ2) is 5.70. The molecule has 3 rings (SSSR count). The Bertz CT molecular complexity index is 975. The second-order valence-electron chi connectivity index (χ2n) is 5.26. The molecule has 0 aliphatic carbocycles. The average molecular weight is 330 g/mol. The number of hydrogen-bond donors (Lipinski definition) is 0. The molecular weight excluding hydrogens is 312 g/mol. The fourth-order valence-corrected chi connectivity index (χ4v) is 4.37. The Morgan fingerprint density at radius 1 is 1.17 bits per heavy atom. The van der Waals surface area contributed by atoms with Gasteiger partial charge in [0.1, 0.15) is 16.5 Å². The fourth-order valence-electron chi connectivity index (χ4n) is 2.67. The van der Waals surface area contributed by atoms with Crippen LogP contribution in [-0.2, 0) is 16.4 Å². The largest absolute Gasteiger partial charge is 0.495 e. The van der Waals surface area contributed by atoms with Crippen molar-refractivity contribution < 1.29 is 13.2 Å². The molecule has 2 aromatic carbocycles. The van der Waals surface area contributed by atoms with Crippen LogP contribution in [0, 0.1) is 6.92 Å². The molecule has 0 spiro atoms. The van der Waals surface area contributed by atoms with Gasteiger partial charge >= 0.3 is 0 Å². The number of benzene rings is 2. The van der Waals surface area contributed by atoms with Crippen LogP contribution in [0.2, 0.25) is 0 Å². The van der Waals surface area contributed by atoms with Crippen LogP contribution in [0.15, 0.2) is 47.4 Å². The van der Waals surface area contributed by atoms with E-state index in [4.69, 9.17) is 4.74 Å². The minimum Gasteiger partial charge on any atom is -0.495 e. The minimum absolute atomic E-state index is 0.158. The van der Waals surface area contributed by atoms with E-state index in [1.165, 1.54) is 11.1 Å². The molecule has 0 radical (unpaired) electrons. The van der Waals surface area contributed by atoms with Gasteiger partial charge in [0.25, 0.3) is 10.0 Å². The molecule has 0 saturated carbocycles. The standard InChI is InChI=1S/C17H18N2O3S/c1-4-13-9-10-16(22-3)17(11-13)23(20,21)19-12(2)18-14-7-5-6-8-15(14)19/h5-11H,4H2,1-3H3. The van der Waals surface area contributed by atoms with Gasteiger partial charge in [-0.2, -0.15) is 0 Å². The zero-order valence-corrected chi connectivity index (χ0v) is 14.1. The van der Waals surface area contributed by atoms with Crippen molar-refractivity contribution in [1.82, 2.24) is 8.96 Å². The van der Waals surface area contributed by atoms with Gasteiger partial charge in [-0.1, -0.05) is 25.1 Å². The van der Waals surface area contributed by atoms with Gasteiger partial charge in [-0.25, -0.2) is 17.4 Å². The predicted molar refractivity (Wildman–Crippen MR) is 89.4 cm³/mol. The highest BCUT2D eigenvalue weighted by atomic mass is 32.2. The van der Waals surface area contributed by atoms with Crippen molar-refractivity contribution in [2.24, 2.45) is 0 Å². The van der Waals surface area contributed by atoms with Crippen molar-refractivity contribution in [3.63, 3.8) is 0 Å². The van der Waals surface area contributed by atoms with Crippen LogP contribution in [-0.4, -0.2) is 24.5 Å². The second-order valence-corrected chi connectivity index (χ2v) is 7.01. The van der Waals surface area contributed by atoms with E-state index in [9.17, 15) is 8.42 Å². The first-order chi connectivity index (χ1) is 11.0. The maximum atomic E-state index is 13.2. The predicted octanol–water partition coefficient (Wildman–Crippen LogP) is 3.15. The van der Waals surface area contributed by atoms with E-state index in [1.807, 2.05) is 19.1 Å². The van der Waals surface area contributed by atoms with Crippen LogP contribution >= 0.6 is 0 Å². The Hall–Kier alpha value is -2.34. The highest BCUT2D eigenvalue weighted by molar-refractivity contribution is 7.90. The summed E-state index contributed by atoms with van der Waals surface area (Å²) in [5, 5.41) is 0. The minimum atomic E-state index is -3.80. The molecule has 0 unspecified atom stereocenters. The lowest BCUT2D eigenvalue weighted by atomic mass is 10.2. The molecule has 0 fully saturated rings. The van der Waals surface area contributed by atoms with E-state index in [-0.39, 0.29) is 4.90 Å². The van der Waals surface area contributed by atoms with Crippen LogP contribution in [0.4, 0.5) is 0 Å². The zero-order chi connectivity index (χ0) is 16.6. The summed E-state index contributed by atoms with van der Waals surface area (Å²) >= 11 is 0. The van der Waals surface area contributed by atoms with Crippen molar-refractivity contribution >= 4 is 21.1 Å². The monoisotopic (exact) mass is 330 g/mol. The summed E-state index contributed by atoms with van der Waals surface area (Å²) in [4.78, 5) is 4.50. The third kappa shape index (κ3) is 2.49. The average Bonchev–Trinajstić information content (AvgIpc) is 2.90. The molecule has 23 heavy (non-hydrogen) atoms. The Kier molecular flexibility index (Phi) is 3.85. The van der Waals surface area contributed by atoms with E-state index >= 15 is 0 Å². The molecule has 6 heteroatoms. The van der Waals surface area contributed by atoms with Crippen molar-refractivity contribution in [2.75, 3.05) is 7.11 Å². The normalized spacial score (nSPS) is 11.8. The Morgan fingerprint density at radius 2 is 1.91 bits per heavy atom. The van der Waals surface area contributed by atoms with Crippen LogP contribution in [0.25, 0.3) is 11.0 Å². The molecule has 3 aromatic rings. The van der Waals surface area contributed by atoms with E-state index < -0.39 is 10.0 Å². The molecular formula is C17H18N2O3S. The van der Waals surface area contributed by atoms with Crippen molar-refractivity contribution in [3.05, 3.63) is 53.9 Å². The number of aryl methyl sites for hydroxylation is 2. The number of hydrogen-bond acceptors (Lipinski definition) is 4.